The molecule has 1 fully saturated rings. The number of aromatic amines is 1. The highest BCUT2D eigenvalue weighted by Gasteiger charge is 2.31. The molecule has 29 heavy (non-hydrogen) atoms. The number of ether oxygens (including phenoxy) is 1. The largest absolute Gasteiger partial charge is 0.484 e. The van der Waals surface area contributed by atoms with Gasteiger partial charge in [-0.1, -0.05) is 6.07 Å². The van der Waals surface area contributed by atoms with E-state index in [4.69, 9.17) is 4.74 Å². The number of fused-ring (bicyclic) bond motifs is 1. The van der Waals surface area contributed by atoms with Crippen molar-refractivity contribution in [1.82, 2.24) is 20.0 Å². The van der Waals surface area contributed by atoms with Crippen molar-refractivity contribution in [2.24, 2.45) is 5.92 Å². The van der Waals surface area contributed by atoms with Crippen LogP contribution in [0.2, 0.25) is 0 Å². The van der Waals surface area contributed by atoms with Gasteiger partial charge in [-0.05, 0) is 61.9 Å². The second-order valence-corrected chi connectivity index (χ2v) is 8.13. The Morgan fingerprint density at radius 1 is 1.10 bits per heavy atom. The molecule has 2 heterocycles. The first-order valence-electron chi connectivity index (χ1n) is 10.3. The minimum absolute atomic E-state index is 0.0234. The van der Waals surface area contributed by atoms with Crippen molar-refractivity contribution in [2.45, 2.75) is 33.1 Å². The molecule has 2 aromatic rings. The van der Waals surface area contributed by atoms with Crippen LogP contribution in [0.5, 0.6) is 5.75 Å². The summed E-state index contributed by atoms with van der Waals surface area (Å²) >= 11 is 0. The Morgan fingerprint density at radius 3 is 2.52 bits per heavy atom. The monoisotopic (exact) mass is 396 g/mol. The molecule has 2 amide bonds. The molecule has 1 aromatic heterocycles. The van der Waals surface area contributed by atoms with Gasteiger partial charge in [-0.3, -0.25) is 14.7 Å². The van der Waals surface area contributed by atoms with E-state index in [9.17, 15) is 9.59 Å². The molecule has 1 aromatic carbocycles. The first kappa shape index (κ1) is 19.5. The molecule has 1 saturated heterocycles. The van der Waals surface area contributed by atoms with Gasteiger partial charge in [-0.2, -0.15) is 5.10 Å². The highest BCUT2D eigenvalue weighted by Crippen LogP contribution is 2.25. The number of aromatic nitrogens is 2. The molecule has 1 atom stereocenters. The van der Waals surface area contributed by atoms with Gasteiger partial charge in [0.15, 0.2) is 6.61 Å². The first-order chi connectivity index (χ1) is 14.0. The van der Waals surface area contributed by atoms with Gasteiger partial charge in [-0.25, -0.2) is 0 Å². The normalized spacial score (nSPS) is 19.0. The fourth-order valence-corrected chi connectivity index (χ4v) is 4.31. The van der Waals surface area contributed by atoms with Gasteiger partial charge in [0, 0.05) is 37.8 Å². The van der Waals surface area contributed by atoms with Crippen molar-refractivity contribution in [3.8, 4) is 5.75 Å². The van der Waals surface area contributed by atoms with E-state index in [-0.39, 0.29) is 24.3 Å². The summed E-state index contributed by atoms with van der Waals surface area (Å²) in [5.74, 6) is 0.920. The van der Waals surface area contributed by atoms with Crippen LogP contribution in [-0.2, 0) is 22.4 Å². The number of amides is 2. The standard InChI is InChI=1S/C22H28N4O3/c1-15-9-16(2)11-19(10-15)29-14-21(27)25-5-7-26(8-6-25)22(28)17-3-4-20-18(12-17)13-23-24-20/h9-11,13,17H,3-8,12,14H2,1-2H3,(H,23,24). The van der Waals surface area contributed by atoms with E-state index in [2.05, 4.69) is 16.3 Å². The lowest BCUT2D eigenvalue weighted by atomic mass is 9.87. The van der Waals surface area contributed by atoms with E-state index >= 15 is 0 Å². The summed E-state index contributed by atoms with van der Waals surface area (Å²) in [4.78, 5) is 29.1. The zero-order chi connectivity index (χ0) is 20.4. The number of piperazine rings is 1. The number of H-pyrrole nitrogens is 1. The molecule has 7 heteroatoms. The average Bonchev–Trinajstić information content (AvgIpc) is 3.19. The number of hydrogen-bond acceptors (Lipinski definition) is 4. The van der Waals surface area contributed by atoms with Crippen LogP contribution >= 0.6 is 0 Å². The fraction of sp³-hybridized carbons (Fsp3) is 0.500. The van der Waals surface area contributed by atoms with E-state index in [1.54, 1.807) is 4.90 Å². The predicted molar refractivity (Wildman–Crippen MR) is 109 cm³/mol. The molecule has 1 aliphatic carbocycles. The third kappa shape index (κ3) is 4.44. The molecule has 7 nitrogen and oxygen atoms in total. The first-order valence-corrected chi connectivity index (χ1v) is 10.3. The zero-order valence-corrected chi connectivity index (χ0v) is 17.1. The lowest BCUT2D eigenvalue weighted by Gasteiger charge is -2.37. The minimum atomic E-state index is -0.0306. The van der Waals surface area contributed by atoms with Crippen LogP contribution in [-0.4, -0.2) is 64.6 Å². The topological polar surface area (TPSA) is 78.5 Å². The molecule has 2 aliphatic rings. The zero-order valence-electron chi connectivity index (χ0n) is 17.1. The highest BCUT2D eigenvalue weighted by molar-refractivity contribution is 5.81. The molecule has 0 spiro atoms. The van der Waals surface area contributed by atoms with Crippen LogP contribution < -0.4 is 4.74 Å². The van der Waals surface area contributed by atoms with Gasteiger partial charge in [0.2, 0.25) is 5.91 Å². The van der Waals surface area contributed by atoms with Gasteiger partial charge in [0.25, 0.3) is 5.91 Å². The third-order valence-corrected chi connectivity index (χ3v) is 5.87. The maximum Gasteiger partial charge on any atom is 0.260 e. The number of nitrogens with one attached hydrogen (secondary N) is 1. The second-order valence-electron chi connectivity index (χ2n) is 8.13. The summed E-state index contributed by atoms with van der Waals surface area (Å²) in [5.41, 5.74) is 4.55. The van der Waals surface area contributed by atoms with E-state index in [1.165, 1.54) is 0 Å². The van der Waals surface area contributed by atoms with Crippen molar-refractivity contribution < 1.29 is 14.3 Å². The molecule has 1 aliphatic heterocycles. The Balaban J connectivity index is 1.25. The number of carbonyl (C=O) groups is 2. The SMILES string of the molecule is Cc1cc(C)cc(OCC(=O)N2CCN(C(=O)C3CCc4[nH]ncc4C3)CC2)c1. The molecule has 154 valence electrons. The highest BCUT2D eigenvalue weighted by atomic mass is 16.5. The summed E-state index contributed by atoms with van der Waals surface area (Å²) < 4.78 is 5.70. The average molecular weight is 396 g/mol. The Hall–Kier alpha value is -2.83. The summed E-state index contributed by atoms with van der Waals surface area (Å²) in [6, 6.07) is 5.95. The van der Waals surface area contributed by atoms with Crippen molar-refractivity contribution in [2.75, 3.05) is 32.8 Å². The predicted octanol–water partition coefficient (Wildman–Crippen LogP) is 1.88. The van der Waals surface area contributed by atoms with Crippen molar-refractivity contribution in [3.05, 3.63) is 46.8 Å². The second kappa shape index (κ2) is 8.27. The van der Waals surface area contributed by atoms with Crippen LogP contribution in [0.1, 0.15) is 28.8 Å². The lowest BCUT2D eigenvalue weighted by molar-refractivity contribution is -0.143. The number of carbonyl (C=O) groups excluding carboxylic acids is 2. The number of hydrogen-bond donors (Lipinski definition) is 1. The Morgan fingerprint density at radius 2 is 1.79 bits per heavy atom. The Kier molecular flexibility index (Phi) is 5.56. The molecular weight excluding hydrogens is 368 g/mol. The van der Waals surface area contributed by atoms with E-state index in [0.29, 0.717) is 26.2 Å². The van der Waals surface area contributed by atoms with Crippen LogP contribution in [0.4, 0.5) is 0 Å². The molecule has 0 radical (unpaired) electrons. The van der Waals surface area contributed by atoms with Crippen LogP contribution in [0, 0.1) is 19.8 Å². The van der Waals surface area contributed by atoms with Crippen molar-refractivity contribution in [3.63, 3.8) is 0 Å². The molecular formula is C22H28N4O3. The van der Waals surface area contributed by atoms with Crippen molar-refractivity contribution >= 4 is 11.8 Å². The third-order valence-electron chi connectivity index (χ3n) is 5.87. The summed E-state index contributed by atoms with van der Waals surface area (Å²) in [5, 5.41) is 7.10. The van der Waals surface area contributed by atoms with Gasteiger partial charge < -0.3 is 14.5 Å². The molecule has 1 unspecified atom stereocenters. The Bertz CT molecular complexity index is 879. The number of benzene rings is 1. The molecule has 0 bridgehead atoms. The lowest BCUT2D eigenvalue weighted by Crippen LogP contribution is -2.53. The smallest absolute Gasteiger partial charge is 0.260 e. The van der Waals surface area contributed by atoms with E-state index in [0.717, 1.165) is 47.4 Å². The summed E-state index contributed by atoms with van der Waals surface area (Å²) in [6.45, 7) is 6.35. The molecule has 0 saturated carbocycles. The van der Waals surface area contributed by atoms with Gasteiger partial charge in [0.05, 0.1) is 6.20 Å². The summed E-state index contributed by atoms with van der Waals surface area (Å²) in [7, 11) is 0. The van der Waals surface area contributed by atoms with Crippen molar-refractivity contribution in [1.29, 1.82) is 0 Å². The number of aryl methyl sites for hydroxylation is 3. The van der Waals surface area contributed by atoms with E-state index < -0.39 is 0 Å². The fourth-order valence-electron chi connectivity index (χ4n) is 4.31. The van der Waals surface area contributed by atoms with Gasteiger partial charge >= 0.3 is 0 Å². The minimum Gasteiger partial charge on any atom is -0.484 e. The quantitative estimate of drug-likeness (QED) is 0.856. The summed E-state index contributed by atoms with van der Waals surface area (Å²) in [6.07, 6.45) is 4.32. The van der Waals surface area contributed by atoms with Gasteiger partial charge in [-0.15, -0.1) is 0 Å². The number of rotatable bonds is 4. The maximum absolute atomic E-state index is 12.9. The maximum atomic E-state index is 12.9. The van der Waals surface area contributed by atoms with Crippen LogP contribution in [0.15, 0.2) is 24.4 Å². The van der Waals surface area contributed by atoms with Crippen LogP contribution in [0.3, 0.4) is 0 Å². The molecule has 1 N–H and O–H groups in total. The van der Waals surface area contributed by atoms with E-state index in [1.807, 2.05) is 37.1 Å². The van der Waals surface area contributed by atoms with Gasteiger partial charge in [0.1, 0.15) is 5.75 Å². The Labute approximate surface area is 171 Å². The van der Waals surface area contributed by atoms with Crippen LogP contribution in [0.25, 0.3) is 0 Å². The molecule has 4 rings (SSSR count). The number of nitrogens with zero attached hydrogens (tertiary/aromatic N) is 3.